The second-order valence-corrected chi connectivity index (χ2v) is 8.89. The van der Waals surface area contributed by atoms with Crippen LogP contribution in [0.4, 0.5) is 0 Å². The first-order valence-corrected chi connectivity index (χ1v) is 9.22. The van der Waals surface area contributed by atoms with E-state index in [0.29, 0.717) is 13.0 Å². The quantitative estimate of drug-likeness (QED) is 0.823. The average Bonchev–Trinajstić information content (AvgIpc) is 2.95. The summed E-state index contributed by atoms with van der Waals surface area (Å²) < 4.78 is 37.0. The van der Waals surface area contributed by atoms with E-state index in [1.54, 1.807) is 39.0 Å². The van der Waals surface area contributed by atoms with Crippen LogP contribution in [0.2, 0.25) is 0 Å². The lowest BCUT2D eigenvalue weighted by Gasteiger charge is -2.30. The van der Waals surface area contributed by atoms with Crippen LogP contribution in [0.3, 0.4) is 0 Å². The van der Waals surface area contributed by atoms with Gasteiger partial charge in [-0.3, -0.25) is 4.79 Å². The van der Waals surface area contributed by atoms with Crippen LogP contribution in [0.25, 0.3) is 0 Å². The van der Waals surface area contributed by atoms with Crippen LogP contribution in [0, 0.1) is 11.3 Å². The number of Topliss-reactive ketones (excluding diaryl/α,β-unsaturated/α-hetero) is 1. The molecule has 5 nitrogen and oxygen atoms in total. The molecular formula is C17H24O5S. The molecule has 1 aliphatic rings. The molecule has 1 aromatic rings. The van der Waals surface area contributed by atoms with E-state index in [2.05, 4.69) is 0 Å². The summed E-state index contributed by atoms with van der Waals surface area (Å²) in [7, 11) is -2.35. The number of carbonyl (C=O) groups is 1. The Labute approximate surface area is 137 Å². The molecule has 0 bridgehead atoms. The molecule has 3 atom stereocenters. The van der Waals surface area contributed by atoms with Gasteiger partial charge in [-0.1, -0.05) is 39.0 Å². The van der Waals surface area contributed by atoms with Gasteiger partial charge >= 0.3 is 0 Å². The molecule has 0 N–H and O–H groups in total. The fraction of sp³-hybridized carbons (Fsp3) is 0.588. The normalized spacial score (nSPS) is 23.7. The molecule has 0 saturated carbocycles. The molecule has 0 aliphatic carbocycles. The zero-order valence-electron chi connectivity index (χ0n) is 14.0. The Morgan fingerprint density at radius 2 is 1.87 bits per heavy atom. The van der Waals surface area contributed by atoms with Crippen LogP contribution in [-0.4, -0.2) is 39.5 Å². The van der Waals surface area contributed by atoms with Gasteiger partial charge < -0.3 is 9.47 Å². The van der Waals surface area contributed by atoms with Crippen LogP contribution >= 0.6 is 0 Å². The van der Waals surface area contributed by atoms with E-state index in [-0.39, 0.29) is 10.7 Å². The van der Waals surface area contributed by atoms with Gasteiger partial charge in [-0.25, -0.2) is 8.42 Å². The van der Waals surface area contributed by atoms with Gasteiger partial charge in [0.2, 0.25) is 0 Å². The number of rotatable bonds is 5. The lowest BCUT2D eigenvalue weighted by molar-refractivity contribution is -0.134. The van der Waals surface area contributed by atoms with Gasteiger partial charge in [-0.05, 0) is 18.6 Å². The SMILES string of the molecule is CO[C@@H]1OCC[C@@H]1[C@@H](C(=O)C(C)(C)C)S(=O)(=O)c1ccccc1. The Kier molecular flexibility index (Phi) is 5.28. The molecule has 1 heterocycles. The van der Waals surface area contributed by atoms with Gasteiger partial charge in [0.15, 0.2) is 21.9 Å². The lowest BCUT2D eigenvalue weighted by atomic mass is 9.84. The molecule has 0 spiro atoms. The maximum Gasteiger partial charge on any atom is 0.188 e. The second-order valence-electron chi connectivity index (χ2n) is 6.82. The van der Waals surface area contributed by atoms with E-state index < -0.39 is 32.7 Å². The third kappa shape index (κ3) is 3.65. The predicted octanol–water partition coefficient (Wildman–Crippen LogP) is 2.45. The fourth-order valence-electron chi connectivity index (χ4n) is 2.87. The molecule has 0 aromatic heterocycles. The number of ketones is 1. The maximum absolute atomic E-state index is 13.1. The van der Waals surface area contributed by atoms with Gasteiger partial charge in [0, 0.05) is 18.4 Å². The van der Waals surface area contributed by atoms with Crippen molar-refractivity contribution in [2.24, 2.45) is 11.3 Å². The molecule has 23 heavy (non-hydrogen) atoms. The highest BCUT2D eigenvalue weighted by Crippen LogP contribution is 2.36. The monoisotopic (exact) mass is 340 g/mol. The van der Waals surface area contributed by atoms with Crippen molar-refractivity contribution in [2.45, 2.75) is 43.6 Å². The van der Waals surface area contributed by atoms with Gasteiger partial charge in [0.05, 0.1) is 11.5 Å². The minimum Gasteiger partial charge on any atom is -0.356 e. The summed E-state index contributed by atoms with van der Waals surface area (Å²) in [5, 5.41) is -1.17. The summed E-state index contributed by atoms with van der Waals surface area (Å²) >= 11 is 0. The van der Waals surface area contributed by atoms with Crippen LogP contribution in [0.5, 0.6) is 0 Å². The van der Waals surface area contributed by atoms with Crippen LogP contribution < -0.4 is 0 Å². The number of methoxy groups -OCH3 is 1. The Hall–Kier alpha value is -1.24. The number of hydrogen-bond acceptors (Lipinski definition) is 5. The Bertz CT molecular complexity index is 645. The smallest absolute Gasteiger partial charge is 0.188 e. The van der Waals surface area contributed by atoms with E-state index in [9.17, 15) is 13.2 Å². The highest BCUT2D eigenvalue weighted by atomic mass is 32.2. The first kappa shape index (κ1) is 18.1. The van der Waals surface area contributed by atoms with Crippen molar-refractivity contribution in [2.75, 3.05) is 13.7 Å². The first-order chi connectivity index (χ1) is 10.7. The fourth-order valence-corrected chi connectivity index (χ4v) is 5.06. The summed E-state index contributed by atoms with van der Waals surface area (Å²) in [6.07, 6.45) is -0.193. The van der Waals surface area contributed by atoms with Crippen LogP contribution in [0.1, 0.15) is 27.2 Å². The Morgan fingerprint density at radius 1 is 1.26 bits per heavy atom. The van der Waals surface area contributed by atoms with Crippen molar-refractivity contribution < 1.29 is 22.7 Å². The van der Waals surface area contributed by atoms with E-state index in [0.717, 1.165) is 0 Å². The molecule has 1 aromatic carbocycles. The minimum atomic E-state index is -3.82. The Morgan fingerprint density at radius 3 is 2.39 bits per heavy atom. The van der Waals surface area contributed by atoms with Gasteiger partial charge in [0.25, 0.3) is 0 Å². The number of benzene rings is 1. The number of hydrogen-bond donors (Lipinski definition) is 0. The van der Waals surface area contributed by atoms with Crippen molar-refractivity contribution in [1.29, 1.82) is 0 Å². The number of sulfone groups is 1. The van der Waals surface area contributed by atoms with Crippen molar-refractivity contribution in [3.8, 4) is 0 Å². The molecule has 0 amide bonds. The van der Waals surface area contributed by atoms with Gasteiger partial charge in [0.1, 0.15) is 5.25 Å². The molecule has 6 heteroatoms. The number of carbonyl (C=O) groups excluding carboxylic acids is 1. The van der Waals surface area contributed by atoms with E-state index >= 15 is 0 Å². The van der Waals surface area contributed by atoms with Crippen molar-refractivity contribution >= 4 is 15.6 Å². The molecule has 128 valence electrons. The van der Waals surface area contributed by atoms with Crippen molar-refractivity contribution in [3.05, 3.63) is 30.3 Å². The molecule has 1 aliphatic heterocycles. The van der Waals surface area contributed by atoms with Gasteiger partial charge in [-0.15, -0.1) is 0 Å². The zero-order valence-corrected chi connectivity index (χ0v) is 14.8. The third-order valence-corrected chi connectivity index (χ3v) is 6.27. The second kappa shape index (κ2) is 6.71. The van der Waals surface area contributed by atoms with E-state index in [4.69, 9.17) is 9.47 Å². The average molecular weight is 340 g/mol. The van der Waals surface area contributed by atoms with Crippen LogP contribution in [-0.2, 0) is 24.1 Å². The molecule has 1 saturated heterocycles. The van der Waals surface area contributed by atoms with Crippen LogP contribution in [0.15, 0.2) is 35.2 Å². The molecule has 1 fully saturated rings. The maximum atomic E-state index is 13.1. The Balaban J connectivity index is 2.52. The largest absolute Gasteiger partial charge is 0.356 e. The minimum absolute atomic E-state index is 0.157. The zero-order chi connectivity index (χ0) is 17.3. The predicted molar refractivity (Wildman–Crippen MR) is 86.7 cm³/mol. The summed E-state index contributed by atoms with van der Waals surface area (Å²) in [5.41, 5.74) is -0.770. The van der Waals surface area contributed by atoms with Gasteiger partial charge in [-0.2, -0.15) is 0 Å². The van der Waals surface area contributed by atoms with Crippen molar-refractivity contribution in [3.63, 3.8) is 0 Å². The molecule has 0 unspecified atom stereocenters. The summed E-state index contributed by atoms with van der Waals surface area (Å²) in [5.74, 6) is -0.809. The molecule has 0 radical (unpaired) electrons. The standard InChI is InChI=1S/C17H24O5S/c1-17(2,3)15(18)14(13-10-11-22-16(13)21-4)23(19,20)12-8-6-5-7-9-12/h5-9,13-14,16H,10-11H2,1-4H3/t13-,14+,16-/m1/s1. The highest BCUT2D eigenvalue weighted by molar-refractivity contribution is 7.92. The summed E-state index contributed by atoms with van der Waals surface area (Å²) in [6, 6.07) is 8.11. The summed E-state index contributed by atoms with van der Waals surface area (Å²) in [6.45, 7) is 5.60. The number of ether oxygens (including phenoxy) is 2. The lowest BCUT2D eigenvalue weighted by Crippen LogP contribution is -2.46. The van der Waals surface area contributed by atoms with E-state index in [1.165, 1.54) is 19.2 Å². The van der Waals surface area contributed by atoms with E-state index in [1.807, 2.05) is 0 Å². The first-order valence-electron chi connectivity index (χ1n) is 7.67. The topological polar surface area (TPSA) is 69.7 Å². The highest BCUT2D eigenvalue weighted by Gasteiger charge is 2.49. The molecular weight excluding hydrogens is 316 g/mol. The summed E-state index contributed by atoms with van der Waals surface area (Å²) in [4.78, 5) is 13.1. The van der Waals surface area contributed by atoms with Crippen molar-refractivity contribution in [1.82, 2.24) is 0 Å². The molecule has 2 rings (SSSR count). The third-order valence-electron chi connectivity index (χ3n) is 4.11.